The lowest BCUT2D eigenvalue weighted by molar-refractivity contribution is 0.344. The maximum atomic E-state index is 12.4. The van der Waals surface area contributed by atoms with Crippen LogP contribution in [0.3, 0.4) is 0 Å². The average Bonchev–Trinajstić information content (AvgIpc) is 2.44. The quantitative estimate of drug-likeness (QED) is 0.381. The molecule has 0 aromatic carbocycles. The van der Waals surface area contributed by atoms with Crippen LogP contribution in [0.1, 0.15) is 6.42 Å². The van der Waals surface area contributed by atoms with Crippen molar-refractivity contribution in [3.8, 4) is 0 Å². The van der Waals surface area contributed by atoms with E-state index in [1.54, 1.807) is 19.3 Å². The van der Waals surface area contributed by atoms with Gasteiger partial charge in [-0.15, -0.1) is 0 Å². The Morgan fingerprint density at radius 2 is 2.25 bits per heavy atom. The highest BCUT2D eigenvalue weighted by atomic mass is 127. The van der Waals surface area contributed by atoms with Crippen LogP contribution in [0.15, 0.2) is 26.3 Å². The molecule has 0 bridgehead atoms. The van der Waals surface area contributed by atoms with Crippen molar-refractivity contribution in [2.75, 3.05) is 6.61 Å². The van der Waals surface area contributed by atoms with Gasteiger partial charge in [0, 0.05) is 24.3 Å². The molecule has 6 nitrogen and oxygen atoms in total. The molecule has 0 N–H and O–H groups in total. The van der Waals surface area contributed by atoms with Crippen molar-refractivity contribution in [3.63, 3.8) is 0 Å². The van der Waals surface area contributed by atoms with Gasteiger partial charge in [-0.3, -0.25) is 13.9 Å². The second-order valence-electron chi connectivity index (χ2n) is 4.10. The SMILES string of the molecule is Cn1c(=O)n(CCCOPI)c(=O)c2cc(Br)cnc21. The van der Waals surface area contributed by atoms with Gasteiger partial charge in [-0.1, -0.05) is 0 Å². The average molecular weight is 472 g/mol. The van der Waals surface area contributed by atoms with E-state index in [0.29, 0.717) is 41.5 Å². The lowest BCUT2D eigenvalue weighted by Crippen LogP contribution is -2.39. The van der Waals surface area contributed by atoms with Crippen molar-refractivity contribution in [2.24, 2.45) is 7.05 Å². The molecule has 1 unspecified atom stereocenters. The molecule has 9 heteroatoms. The predicted octanol–water partition coefficient (Wildman–Crippen LogP) is 2.21. The number of aryl methyl sites for hydroxylation is 1. The van der Waals surface area contributed by atoms with Gasteiger partial charge in [0.2, 0.25) is 0 Å². The second-order valence-corrected chi connectivity index (χ2v) is 6.78. The minimum absolute atomic E-state index is 0.311. The van der Waals surface area contributed by atoms with Crippen LogP contribution in [-0.2, 0) is 18.1 Å². The van der Waals surface area contributed by atoms with E-state index in [2.05, 4.69) is 43.0 Å². The number of aromatic nitrogens is 3. The normalized spacial score (nSPS) is 11.8. The first-order chi connectivity index (χ1) is 9.56. The van der Waals surface area contributed by atoms with Crippen LogP contribution in [0.5, 0.6) is 0 Å². The van der Waals surface area contributed by atoms with Crippen LogP contribution in [0.25, 0.3) is 11.0 Å². The molecule has 2 heterocycles. The Hall–Kier alpha value is -0.310. The molecule has 0 fully saturated rings. The highest BCUT2D eigenvalue weighted by Gasteiger charge is 2.11. The van der Waals surface area contributed by atoms with E-state index in [-0.39, 0.29) is 11.2 Å². The minimum atomic E-state index is -0.353. The number of hydrogen-bond acceptors (Lipinski definition) is 4. The molecule has 0 aliphatic rings. The van der Waals surface area contributed by atoms with Crippen LogP contribution in [0, 0.1) is 0 Å². The summed E-state index contributed by atoms with van der Waals surface area (Å²) in [6.45, 7) is 1.26. The van der Waals surface area contributed by atoms with E-state index in [1.807, 2.05) is 0 Å². The van der Waals surface area contributed by atoms with Crippen LogP contribution in [0.2, 0.25) is 0 Å². The zero-order valence-corrected chi connectivity index (χ0v) is 15.3. The first-order valence-corrected chi connectivity index (χ1v) is 10.6. The van der Waals surface area contributed by atoms with Gasteiger partial charge < -0.3 is 4.52 Å². The molecule has 0 spiro atoms. The van der Waals surface area contributed by atoms with Gasteiger partial charge in [0.1, 0.15) is 5.65 Å². The van der Waals surface area contributed by atoms with Crippen molar-refractivity contribution < 1.29 is 4.52 Å². The summed E-state index contributed by atoms with van der Waals surface area (Å²) in [7, 11) is 1.62. The highest BCUT2D eigenvalue weighted by molar-refractivity contribution is 14.2. The molecular formula is C11H12BrIN3O3P. The zero-order valence-electron chi connectivity index (χ0n) is 10.6. The predicted molar refractivity (Wildman–Crippen MR) is 91.8 cm³/mol. The third-order valence-electron chi connectivity index (χ3n) is 2.83. The molecule has 0 saturated heterocycles. The largest absolute Gasteiger partial charge is 0.352 e. The molecule has 0 saturated carbocycles. The molecule has 0 aliphatic heterocycles. The fraction of sp³-hybridized carbons (Fsp3) is 0.364. The Balaban J connectivity index is 2.49. The molecule has 2 aromatic heterocycles. The zero-order chi connectivity index (χ0) is 14.7. The molecule has 1 atom stereocenters. The third-order valence-corrected chi connectivity index (χ3v) is 4.51. The molecule has 0 aliphatic carbocycles. The number of rotatable bonds is 5. The summed E-state index contributed by atoms with van der Waals surface area (Å²) in [6, 6.07) is 1.68. The van der Waals surface area contributed by atoms with E-state index >= 15 is 0 Å². The first kappa shape index (κ1) is 16.1. The van der Waals surface area contributed by atoms with E-state index in [0.717, 1.165) is 0 Å². The van der Waals surface area contributed by atoms with Crippen LogP contribution >= 0.6 is 44.4 Å². The standard InChI is InChI=1S/C11H12BrIN3O3P/c1-15-9-8(5-7(12)6-14-9)10(17)16(11(15)18)3-2-4-19-20-13/h5-6,20H,2-4H2,1H3. The smallest absolute Gasteiger partial charge is 0.332 e. The van der Waals surface area contributed by atoms with E-state index in [1.165, 1.54) is 9.13 Å². The Morgan fingerprint density at radius 1 is 1.50 bits per heavy atom. The Kier molecular flexibility index (Phi) is 5.71. The van der Waals surface area contributed by atoms with Crippen molar-refractivity contribution >= 4 is 55.5 Å². The lowest BCUT2D eigenvalue weighted by Gasteiger charge is -2.10. The van der Waals surface area contributed by atoms with Crippen molar-refractivity contribution in [1.29, 1.82) is 0 Å². The summed E-state index contributed by atoms with van der Waals surface area (Å²) in [5, 5.41) is 0.429. The third kappa shape index (κ3) is 3.29. The molecule has 2 rings (SSSR count). The first-order valence-electron chi connectivity index (χ1n) is 5.78. The van der Waals surface area contributed by atoms with Gasteiger partial charge in [-0.25, -0.2) is 9.78 Å². The monoisotopic (exact) mass is 471 g/mol. The van der Waals surface area contributed by atoms with E-state index in [4.69, 9.17) is 4.52 Å². The van der Waals surface area contributed by atoms with Gasteiger partial charge >= 0.3 is 5.69 Å². The van der Waals surface area contributed by atoms with Gasteiger partial charge in [0.05, 0.1) is 18.4 Å². The fourth-order valence-electron chi connectivity index (χ4n) is 1.89. The number of nitrogens with zero attached hydrogens (tertiary/aromatic N) is 3. The van der Waals surface area contributed by atoms with Crippen LogP contribution in [0.4, 0.5) is 0 Å². The summed E-state index contributed by atoms with van der Waals surface area (Å²) >= 11 is 5.42. The van der Waals surface area contributed by atoms with Gasteiger partial charge in [0.25, 0.3) is 5.56 Å². The van der Waals surface area contributed by atoms with Gasteiger partial charge in [-0.2, -0.15) is 0 Å². The van der Waals surface area contributed by atoms with Crippen LogP contribution in [-0.4, -0.2) is 20.7 Å². The lowest BCUT2D eigenvalue weighted by atomic mass is 10.3. The van der Waals surface area contributed by atoms with Gasteiger partial charge in [-0.05, 0) is 50.5 Å². The van der Waals surface area contributed by atoms with Crippen molar-refractivity contribution in [2.45, 2.75) is 13.0 Å². The van der Waals surface area contributed by atoms with Crippen molar-refractivity contribution in [1.82, 2.24) is 14.1 Å². The molecule has 20 heavy (non-hydrogen) atoms. The number of pyridine rings is 1. The maximum Gasteiger partial charge on any atom is 0.332 e. The molecule has 0 amide bonds. The summed E-state index contributed by atoms with van der Waals surface area (Å²) in [4.78, 5) is 28.7. The Bertz CT molecular complexity index is 746. The summed E-state index contributed by atoms with van der Waals surface area (Å²) in [5.74, 6) is 0. The number of halogens is 2. The summed E-state index contributed by atoms with van der Waals surface area (Å²) in [6.07, 6.45) is 2.19. The van der Waals surface area contributed by atoms with E-state index in [9.17, 15) is 9.59 Å². The number of hydrogen-bond donors (Lipinski definition) is 0. The maximum absolute atomic E-state index is 12.4. The van der Waals surface area contributed by atoms with E-state index < -0.39 is 0 Å². The van der Waals surface area contributed by atoms with Crippen LogP contribution < -0.4 is 11.2 Å². The van der Waals surface area contributed by atoms with Gasteiger partial charge in [0.15, 0.2) is 0 Å². The van der Waals surface area contributed by atoms with Crippen molar-refractivity contribution in [3.05, 3.63) is 37.6 Å². The number of fused-ring (bicyclic) bond motifs is 1. The topological polar surface area (TPSA) is 66.1 Å². The Labute approximate surface area is 138 Å². The summed E-state index contributed by atoms with van der Waals surface area (Å²) < 4.78 is 8.58. The fourth-order valence-corrected chi connectivity index (χ4v) is 3.10. The second kappa shape index (κ2) is 7.11. The molecular weight excluding hydrogens is 460 g/mol. The minimum Gasteiger partial charge on any atom is -0.352 e. The molecule has 0 radical (unpaired) electrons. The summed E-state index contributed by atoms with van der Waals surface area (Å²) in [5.41, 5.74) is -0.271. The highest BCUT2D eigenvalue weighted by Crippen LogP contribution is 2.21. The Morgan fingerprint density at radius 3 is 2.95 bits per heavy atom. The molecule has 108 valence electrons. The molecule has 2 aromatic rings.